The number of rotatable bonds is 49. The monoisotopic (exact) mass is 1680 g/mol. The molecule has 0 aliphatic carbocycles. The average Bonchev–Trinajstić information content (AvgIpc) is 1.78. The van der Waals surface area contributed by atoms with Gasteiger partial charge in [-0.3, -0.25) is 76.9 Å². The highest BCUT2D eigenvalue weighted by atomic mass is 16.4. The van der Waals surface area contributed by atoms with Gasteiger partial charge in [-0.25, -0.2) is 9.78 Å². The van der Waals surface area contributed by atoms with Crippen molar-refractivity contribution in [2.75, 3.05) is 26.2 Å². The predicted molar refractivity (Wildman–Crippen MR) is 421 cm³/mol. The van der Waals surface area contributed by atoms with Gasteiger partial charge in [0.25, 0.3) is 0 Å². The summed E-state index contributed by atoms with van der Waals surface area (Å²) in [4.78, 5) is 231. The number of nitrogens with one attached hydrogen (secondary N) is 14. The second-order valence-corrected chi connectivity index (χ2v) is 29.8. The fraction of sp³-hybridized carbons (Fsp3) is 0.573. The number of nitrogens with zero attached hydrogens (tertiary/aromatic N) is 3. The summed E-state index contributed by atoms with van der Waals surface area (Å²) in [5.74, 6) is -19.2. The number of aliphatic hydroxyl groups is 5. The van der Waals surface area contributed by atoms with Crippen LogP contribution in [0.3, 0.4) is 0 Å². The van der Waals surface area contributed by atoms with Gasteiger partial charge in [0.1, 0.15) is 78.3 Å². The van der Waals surface area contributed by atoms with Crippen LogP contribution in [0.25, 0.3) is 0 Å². The number of aliphatic imine (C=N–C) groups is 1. The zero-order valence-corrected chi connectivity index (χ0v) is 67.5. The molecule has 1 aromatic heterocycles. The van der Waals surface area contributed by atoms with E-state index in [2.05, 4.69) is 78.8 Å². The van der Waals surface area contributed by atoms with Crippen LogP contribution in [-0.4, -0.2) is 292 Å². The Hall–Kier alpha value is -12.0. The molecule has 28 N–H and O–H groups in total. The molecule has 0 radical (unpaired) electrons. The Kier molecular flexibility index (Phi) is 40.6. The van der Waals surface area contributed by atoms with Crippen molar-refractivity contribution < 1.29 is 118 Å². The number of aliphatic hydroxyl groups excluding tert-OH is 5. The zero-order chi connectivity index (χ0) is 89.2. The Bertz CT molecular complexity index is 3980. The molecule has 18 atom stereocenters. The van der Waals surface area contributed by atoms with E-state index in [1.54, 1.807) is 58.0 Å². The number of hydrogen-bond acceptors (Lipinski definition) is 25. The maximum atomic E-state index is 14.4. The third kappa shape index (κ3) is 33.5. The zero-order valence-electron chi connectivity index (χ0n) is 67.5. The largest absolute Gasteiger partial charge is 0.508 e. The number of phenolic OH excluding ortho intramolecular Hbond substituents is 1. The number of aliphatic carboxylic acids is 2. The number of phenols is 1. The number of hydrogen-bond donors (Lipinski definition) is 25. The molecule has 1 aliphatic heterocycles. The number of aromatic nitrogens is 2. The summed E-state index contributed by atoms with van der Waals surface area (Å²) in [5.41, 5.74) is 18.5. The van der Waals surface area contributed by atoms with Crippen LogP contribution in [0.5, 0.6) is 5.75 Å². The quantitative estimate of drug-likeness (QED) is 0.0142. The summed E-state index contributed by atoms with van der Waals surface area (Å²) < 4.78 is 0. The Balaban J connectivity index is 1.47. The van der Waals surface area contributed by atoms with E-state index in [0.29, 0.717) is 11.1 Å². The van der Waals surface area contributed by atoms with E-state index >= 15 is 0 Å². The van der Waals surface area contributed by atoms with Gasteiger partial charge in [0, 0.05) is 37.8 Å². The molecule has 2 aromatic carbocycles. The molecule has 119 heavy (non-hydrogen) atoms. The molecule has 0 bridgehead atoms. The van der Waals surface area contributed by atoms with E-state index in [1.165, 1.54) is 50.6 Å². The molecule has 1 aliphatic rings. The molecule has 44 heteroatoms. The number of guanidine groups is 1. The number of benzene rings is 2. The Labute approximate surface area is 685 Å². The van der Waals surface area contributed by atoms with Gasteiger partial charge in [-0.15, -0.1) is 0 Å². The molecule has 3 aromatic rings. The van der Waals surface area contributed by atoms with Crippen LogP contribution in [-0.2, 0) is 96.0 Å². The van der Waals surface area contributed by atoms with Gasteiger partial charge in [-0.2, -0.15) is 0 Å². The van der Waals surface area contributed by atoms with Crippen LogP contribution in [0.15, 0.2) is 72.1 Å². The Morgan fingerprint density at radius 2 is 0.992 bits per heavy atom. The minimum Gasteiger partial charge on any atom is -0.508 e. The van der Waals surface area contributed by atoms with Crippen molar-refractivity contribution in [3.8, 4) is 5.75 Å². The number of carboxylic acid groups (broad SMARTS) is 2. The molecule has 1 fully saturated rings. The second-order valence-electron chi connectivity index (χ2n) is 29.8. The highest BCUT2D eigenvalue weighted by Crippen LogP contribution is 2.21. The highest BCUT2D eigenvalue weighted by Gasteiger charge is 2.42. The highest BCUT2D eigenvalue weighted by molar-refractivity contribution is 6.01. The molecule has 14 amide bonds. The van der Waals surface area contributed by atoms with Gasteiger partial charge in [-0.05, 0) is 115 Å². The second kappa shape index (κ2) is 48.6. The number of carbonyl (C=O) groups is 16. The molecular weight excluding hydrogens is 1560 g/mol. The van der Waals surface area contributed by atoms with Crippen molar-refractivity contribution in [2.24, 2.45) is 34.0 Å². The fourth-order valence-electron chi connectivity index (χ4n) is 12.3. The predicted octanol–water partition coefficient (Wildman–Crippen LogP) is -8.36. The first-order chi connectivity index (χ1) is 55.9. The average molecular weight is 1680 g/mol. The minimum atomic E-state index is -1.95. The smallest absolute Gasteiger partial charge is 0.328 e. The summed E-state index contributed by atoms with van der Waals surface area (Å²) in [5, 5.41) is 112. The van der Waals surface area contributed by atoms with Crippen molar-refractivity contribution in [2.45, 2.75) is 236 Å². The number of H-pyrrole nitrogens is 1. The van der Waals surface area contributed by atoms with Crippen molar-refractivity contribution >= 4 is 101 Å². The summed E-state index contributed by atoms with van der Waals surface area (Å²) >= 11 is 0. The van der Waals surface area contributed by atoms with Crippen LogP contribution >= 0.6 is 0 Å². The maximum Gasteiger partial charge on any atom is 0.328 e. The minimum absolute atomic E-state index is 0.00791. The number of aromatic amines is 1. The Morgan fingerprint density at radius 3 is 1.50 bits per heavy atom. The summed E-state index contributed by atoms with van der Waals surface area (Å²) in [6, 6.07) is -8.76. The molecule has 0 spiro atoms. The first-order valence-electron chi connectivity index (χ1n) is 38.5. The van der Waals surface area contributed by atoms with Gasteiger partial charge in [0.2, 0.25) is 82.7 Å². The van der Waals surface area contributed by atoms with E-state index in [9.17, 15) is 118 Å². The molecule has 4 rings (SSSR count). The number of likely N-dealkylation sites (tertiary alicyclic amines) is 1. The maximum absolute atomic E-state index is 14.4. The summed E-state index contributed by atoms with van der Waals surface area (Å²) in [6.07, 6.45) is -5.98. The molecule has 658 valence electrons. The third-order valence-electron chi connectivity index (χ3n) is 18.6. The van der Waals surface area contributed by atoms with Crippen molar-refractivity contribution in [1.82, 2.24) is 84.0 Å². The van der Waals surface area contributed by atoms with Gasteiger partial charge < -0.3 is 137 Å². The van der Waals surface area contributed by atoms with Crippen molar-refractivity contribution in [3.63, 3.8) is 0 Å². The van der Waals surface area contributed by atoms with Crippen molar-refractivity contribution in [3.05, 3.63) is 83.9 Å². The van der Waals surface area contributed by atoms with E-state index in [1.807, 2.05) is 5.32 Å². The van der Waals surface area contributed by atoms with E-state index in [-0.39, 0.29) is 94.2 Å². The number of nitrogens with two attached hydrogens (primary N) is 3. The van der Waals surface area contributed by atoms with Crippen LogP contribution in [0.4, 0.5) is 0 Å². The lowest BCUT2D eigenvalue weighted by Gasteiger charge is -2.30. The fourth-order valence-corrected chi connectivity index (χ4v) is 12.3. The van der Waals surface area contributed by atoms with Gasteiger partial charge in [0.05, 0.1) is 56.4 Å². The van der Waals surface area contributed by atoms with Crippen LogP contribution in [0, 0.1) is 11.8 Å². The SMILES string of the molecule is CC(C)C[C@H](NC(=O)[C@H](CC(=O)O)NC(=O)CNC(=O)[C@H](CCCN=C(N)N)NC(=O)[C@@H]1CCCN1C(=O)[C@H](CO)NC(=O)[C@H](Cc1ccccc1)NC(=O)[C@@H](NC(=O)[C@@H](N)Cc1ccc(O)cc1)[C@@H](C)O)C(=O)N[C@@H](C)C(=O)N[C@@H](Cc1cnc[nH]1)C(=O)N[C@@H](CC(C)C)C(=O)N[C@H](C(=O)N[C@H](C(=O)N[C@H](C(=O)O)[C@@H](C)O)[C@@H](C)O)[C@@H](C)O. The number of carboxylic acids is 2. The number of imidazole rings is 1. The van der Waals surface area contributed by atoms with Crippen molar-refractivity contribution in [1.29, 1.82) is 0 Å². The number of carbonyl (C=O) groups excluding carboxylic acids is 14. The standard InChI is InChI=1S/C75H114N20O24/c1-35(2)25-48(64(108)83-37(5)61(105)86-51(29-44-31-79-34-82-44)66(110)88-49(26-36(3)4)68(112)92-58(39(7)98)71(115)93-59(40(8)99)72(116)94-60(41(9)100)74(118)119)87-67(111)52(30-56(103)104)84-55(102)32-81-63(107)47(17-13-23-80-75(77)78)85-69(113)54-18-14-24-95(54)73(117)53(33-96)90-65(109)50(28-42-15-11-10-12-16-42)89-70(114)57(38(6)97)91-62(106)46(76)27-43-19-21-45(101)22-20-43/h10-12,15-16,19-22,31,34-41,46-54,57-60,96-101H,13-14,17-18,23-30,32-33,76H2,1-9H3,(H,79,82)(H,81,107)(H,83,108)(H,84,102)(H,85,113)(H,86,105)(H,87,111)(H,88,110)(H,89,114)(H,90,109)(H,91,106)(H,92,112)(H,93,115)(H,94,116)(H,103,104)(H,118,119)(H4,77,78,80)/t37-,38+,39+,40+,41+,46-,47-,48-,49-,50-,51-,52-,53-,54-,57-,58-,59-,60-/m0/s1. The molecule has 0 saturated carbocycles. The summed E-state index contributed by atoms with van der Waals surface area (Å²) in [7, 11) is 0. The van der Waals surface area contributed by atoms with Crippen LogP contribution < -0.4 is 86.3 Å². The first kappa shape index (κ1) is 99.4. The van der Waals surface area contributed by atoms with E-state index < -0.39 is 229 Å². The third-order valence-corrected chi connectivity index (χ3v) is 18.6. The lowest BCUT2D eigenvalue weighted by molar-refractivity contribution is -0.146. The lowest BCUT2D eigenvalue weighted by Crippen LogP contribution is -2.63. The van der Waals surface area contributed by atoms with Gasteiger partial charge >= 0.3 is 11.9 Å². The molecule has 1 saturated heterocycles. The normalized spacial score (nSPS) is 16.8. The molecule has 44 nitrogen and oxygen atoms in total. The topological polar surface area (TPSA) is 714 Å². The van der Waals surface area contributed by atoms with Crippen LogP contribution in [0.1, 0.15) is 124 Å². The summed E-state index contributed by atoms with van der Waals surface area (Å²) in [6.45, 7) is 10.1. The van der Waals surface area contributed by atoms with E-state index in [0.717, 1.165) is 25.7 Å². The Morgan fingerprint density at radius 1 is 0.521 bits per heavy atom. The first-order valence-corrected chi connectivity index (χ1v) is 38.5. The molecular formula is C75H114N20O24. The number of amides is 14. The lowest BCUT2D eigenvalue weighted by atomic mass is 10.0. The van der Waals surface area contributed by atoms with E-state index in [4.69, 9.17) is 17.2 Å². The number of aromatic hydroxyl groups is 1. The molecule has 2 heterocycles. The van der Waals surface area contributed by atoms with Gasteiger partial charge in [-0.1, -0.05) is 70.2 Å². The van der Waals surface area contributed by atoms with Gasteiger partial charge in [0.15, 0.2) is 12.0 Å². The van der Waals surface area contributed by atoms with Crippen LogP contribution in [0.2, 0.25) is 0 Å². The molecule has 0 unspecified atom stereocenters.